The van der Waals surface area contributed by atoms with Crippen LogP contribution in [-0.4, -0.2) is 33.5 Å². The molecule has 1 aromatic rings. The summed E-state index contributed by atoms with van der Waals surface area (Å²) in [5, 5.41) is 12.0. The zero-order chi connectivity index (χ0) is 18.0. The Morgan fingerprint density at radius 3 is 2.60 bits per heavy atom. The highest BCUT2D eigenvalue weighted by Crippen LogP contribution is 2.64. The Hall–Kier alpha value is -1.47. The van der Waals surface area contributed by atoms with E-state index in [2.05, 4.69) is 5.32 Å². The third-order valence-electron chi connectivity index (χ3n) is 5.68. The lowest BCUT2D eigenvalue weighted by Crippen LogP contribution is -2.57. The smallest absolute Gasteiger partial charge is 0.313 e. The summed E-state index contributed by atoms with van der Waals surface area (Å²) in [5.74, 6) is 0.146. The fraction of sp³-hybridized carbons (Fsp3) is 0.562. The van der Waals surface area contributed by atoms with Crippen LogP contribution in [0.2, 0.25) is 0 Å². The van der Waals surface area contributed by atoms with Gasteiger partial charge in [-0.15, -0.1) is 10.8 Å². The fourth-order valence-electron chi connectivity index (χ4n) is 4.58. The predicted molar refractivity (Wildman–Crippen MR) is 88.1 cm³/mol. The van der Waals surface area contributed by atoms with Crippen LogP contribution >= 0.6 is 10.8 Å². The van der Waals surface area contributed by atoms with E-state index in [1.807, 2.05) is 0 Å². The maximum atomic E-state index is 13.2. The Kier molecular flexibility index (Phi) is 3.74. The van der Waals surface area contributed by atoms with Crippen molar-refractivity contribution in [2.45, 2.75) is 30.3 Å². The predicted octanol–water partition coefficient (Wildman–Crippen LogP) is 3.43. The molecule has 4 atom stereocenters. The van der Waals surface area contributed by atoms with Crippen LogP contribution in [-0.2, 0) is 6.18 Å². The molecule has 2 bridgehead atoms. The van der Waals surface area contributed by atoms with Crippen LogP contribution in [0.4, 0.5) is 18.9 Å². The van der Waals surface area contributed by atoms with Gasteiger partial charge in [-0.1, -0.05) is 0 Å². The van der Waals surface area contributed by atoms with Gasteiger partial charge in [-0.25, -0.2) is 0 Å². The molecular weight excluding hydrogens is 355 g/mol. The van der Waals surface area contributed by atoms with Crippen molar-refractivity contribution in [1.29, 1.82) is 5.26 Å². The van der Waals surface area contributed by atoms with Crippen molar-refractivity contribution in [3.8, 4) is 6.07 Å². The number of rotatable bonds is 1. The highest BCUT2D eigenvalue weighted by molar-refractivity contribution is 8.26. The zero-order valence-corrected chi connectivity index (χ0v) is 14.0. The summed E-state index contributed by atoms with van der Waals surface area (Å²) in [6, 6.07) is 5.05. The Balaban J connectivity index is 1.74. The summed E-state index contributed by atoms with van der Waals surface area (Å²) in [6.07, 6.45) is -2.81. The van der Waals surface area contributed by atoms with E-state index in [0.29, 0.717) is 6.54 Å². The molecule has 0 radical (unpaired) electrons. The first-order valence-corrected chi connectivity index (χ1v) is 9.69. The van der Waals surface area contributed by atoms with Gasteiger partial charge in [0.15, 0.2) is 0 Å². The van der Waals surface area contributed by atoms with Gasteiger partial charge >= 0.3 is 6.18 Å². The van der Waals surface area contributed by atoms with E-state index in [1.54, 1.807) is 6.07 Å². The van der Waals surface area contributed by atoms with Gasteiger partial charge in [0.2, 0.25) is 0 Å². The van der Waals surface area contributed by atoms with Gasteiger partial charge in [-0.2, -0.15) is 18.4 Å². The van der Waals surface area contributed by atoms with Gasteiger partial charge in [-0.3, -0.25) is 13.4 Å². The van der Waals surface area contributed by atoms with E-state index in [-0.39, 0.29) is 28.8 Å². The number of piperidine rings is 2. The molecule has 3 aliphatic heterocycles. The van der Waals surface area contributed by atoms with Crippen molar-refractivity contribution in [2.24, 2.45) is 11.8 Å². The van der Waals surface area contributed by atoms with Gasteiger partial charge in [-0.05, 0) is 37.0 Å². The summed E-state index contributed by atoms with van der Waals surface area (Å²) < 4.78 is 62.7. The van der Waals surface area contributed by atoms with Gasteiger partial charge in [0.05, 0.1) is 28.1 Å². The first-order valence-electron chi connectivity index (χ1n) is 8.13. The maximum absolute atomic E-state index is 13.2. The molecule has 1 aromatic carbocycles. The van der Waals surface area contributed by atoms with Gasteiger partial charge in [0, 0.05) is 25.0 Å². The summed E-state index contributed by atoms with van der Waals surface area (Å²) in [6.45, 7) is 1.03. The number of hydrogen-bond acceptors (Lipinski definition) is 5. The van der Waals surface area contributed by atoms with E-state index >= 15 is 0 Å². The average Bonchev–Trinajstić information content (AvgIpc) is 2.88. The van der Waals surface area contributed by atoms with Crippen molar-refractivity contribution in [1.82, 2.24) is 5.32 Å². The highest BCUT2D eigenvalue weighted by Gasteiger charge is 2.57. The molecule has 9 heteroatoms. The van der Waals surface area contributed by atoms with Gasteiger partial charge < -0.3 is 5.32 Å². The van der Waals surface area contributed by atoms with Crippen LogP contribution in [0.1, 0.15) is 24.0 Å². The number of halogens is 3. The third kappa shape index (κ3) is 2.51. The molecule has 5 nitrogen and oxygen atoms in total. The minimum absolute atomic E-state index is 0.0162. The van der Waals surface area contributed by atoms with Crippen LogP contribution in [0.15, 0.2) is 18.2 Å². The molecule has 0 aromatic heterocycles. The number of nitriles is 1. The van der Waals surface area contributed by atoms with E-state index in [9.17, 15) is 22.3 Å². The molecule has 4 aliphatic rings. The van der Waals surface area contributed by atoms with E-state index in [4.69, 9.17) is 5.26 Å². The van der Waals surface area contributed by atoms with Crippen LogP contribution in [0, 0.1) is 23.2 Å². The molecule has 3 saturated heterocycles. The van der Waals surface area contributed by atoms with Crippen molar-refractivity contribution in [2.75, 3.05) is 17.4 Å². The summed E-state index contributed by atoms with van der Waals surface area (Å²) in [5.41, 5.74) is -1.40. The van der Waals surface area contributed by atoms with Crippen LogP contribution in [0.25, 0.3) is 0 Å². The van der Waals surface area contributed by atoms with Crippen LogP contribution in [0.3, 0.4) is 0 Å². The van der Waals surface area contributed by atoms with Crippen LogP contribution in [0.5, 0.6) is 0 Å². The molecule has 1 saturated carbocycles. The SMILES string of the molecule is N#Cc1ccc(N2C[C@@H]3[C@@H]([C@@H]4CC[C@H]3NC4)S2(O)O)cc1C(F)(F)F. The molecule has 4 fully saturated rings. The molecule has 3 N–H and O–H groups in total. The van der Waals surface area contributed by atoms with Crippen LogP contribution < -0.4 is 9.62 Å². The first kappa shape index (κ1) is 17.0. The third-order valence-corrected chi connectivity index (χ3v) is 8.15. The molecule has 1 aliphatic carbocycles. The normalized spacial score (nSPS) is 34.5. The lowest BCUT2D eigenvalue weighted by atomic mass is 9.73. The van der Waals surface area contributed by atoms with Crippen molar-refractivity contribution in [3.63, 3.8) is 0 Å². The second kappa shape index (κ2) is 5.51. The molecule has 3 heterocycles. The average molecular weight is 373 g/mol. The lowest BCUT2D eigenvalue weighted by molar-refractivity contribution is -0.137. The number of fused-ring (bicyclic) bond motifs is 2. The number of benzene rings is 1. The van der Waals surface area contributed by atoms with Crippen molar-refractivity contribution >= 4 is 16.5 Å². The standard InChI is InChI=1S/C16H18F3N3O2S/c17-16(18,19)13-5-11(3-1-9(13)6-20)22-8-12-14-4-2-10(7-21-14)15(12)25(22,23)24/h1,3,5,10,12,14-15,21,23-24H,2,4,7-8H2/t10-,12+,14-,15-/m1/s1. The Labute approximate surface area is 144 Å². The largest absolute Gasteiger partial charge is 0.417 e. The summed E-state index contributed by atoms with van der Waals surface area (Å²) >= 11 is 0. The van der Waals surface area contributed by atoms with E-state index < -0.39 is 28.1 Å². The minimum atomic E-state index is -4.67. The minimum Gasteiger partial charge on any atom is -0.313 e. The van der Waals surface area contributed by atoms with Gasteiger partial charge in [0.25, 0.3) is 0 Å². The molecule has 0 spiro atoms. The molecule has 0 amide bonds. The number of anilines is 1. The topological polar surface area (TPSA) is 79.5 Å². The van der Waals surface area contributed by atoms with E-state index in [1.165, 1.54) is 10.4 Å². The van der Waals surface area contributed by atoms with Crippen molar-refractivity contribution < 1.29 is 22.3 Å². The second-order valence-corrected chi connectivity index (χ2v) is 9.05. The first-order chi connectivity index (χ1) is 11.7. The molecule has 5 rings (SSSR count). The Morgan fingerprint density at radius 2 is 2.04 bits per heavy atom. The monoisotopic (exact) mass is 373 g/mol. The highest BCUT2D eigenvalue weighted by atomic mass is 32.3. The molecule has 0 unspecified atom stereocenters. The van der Waals surface area contributed by atoms with Gasteiger partial charge in [0.1, 0.15) is 0 Å². The Bertz CT molecular complexity index is 741. The summed E-state index contributed by atoms with van der Waals surface area (Å²) in [7, 11) is -3.21. The number of alkyl halides is 3. The molecule has 25 heavy (non-hydrogen) atoms. The molecule has 136 valence electrons. The quantitative estimate of drug-likeness (QED) is 0.703. The second-order valence-electron chi connectivity index (χ2n) is 6.94. The number of hydrogen-bond donors (Lipinski definition) is 3. The number of nitrogens with one attached hydrogen (secondary N) is 1. The summed E-state index contributed by atoms with van der Waals surface area (Å²) in [4.78, 5) is 0. The Morgan fingerprint density at radius 1 is 1.28 bits per heavy atom. The molecular formula is C16H18F3N3O2S. The van der Waals surface area contributed by atoms with Crippen molar-refractivity contribution in [3.05, 3.63) is 29.3 Å². The zero-order valence-electron chi connectivity index (χ0n) is 13.2. The van der Waals surface area contributed by atoms with E-state index in [0.717, 1.165) is 31.5 Å². The fourth-order valence-corrected chi connectivity index (χ4v) is 7.18. The maximum Gasteiger partial charge on any atom is 0.417 e. The lowest BCUT2D eigenvalue weighted by Gasteiger charge is -2.51. The number of nitrogens with zero attached hydrogens (tertiary/aromatic N) is 2.